The maximum atomic E-state index is 12.2. The zero-order valence-corrected chi connectivity index (χ0v) is 14.8. The van der Waals surface area contributed by atoms with Crippen LogP contribution in [0.1, 0.15) is 19.3 Å². The molecule has 0 N–H and O–H groups in total. The van der Waals surface area contributed by atoms with Gasteiger partial charge < -0.3 is 25.9 Å². The molecule has 76 valence electrons. The summed E-state index contributed by atoms with van der Waals surface area (Å²) in [6.45, 7) is -10.2. The molecule has 10 heteroatoms. The number of hydrogen-bond donors (Lipinski definition) is 0. The first-order valence-corrected chi connectivity index (χ1v) is 4.01. The van der Waals surface area contributed by atoms with Crippen LogP contribution >= 0.6 is 0 Å². The molecule has 3 fully saturated rings. The standard InChI is InChI=1S/C5H6B2F6.2K/c8-6(9,10)4-1-5(2-4,3-4)7(11,12)13;;/h1-3H2;;/q-2;2*+1. The van der Waals surface area contributed by atoms with Gasteiger partial charge in [0.1, 0.15) is 0 Å². The van der Waals surface area contributed by atoms with E-state index in [0.29, 0.717) is 0 Å². The van der Waals surface area contributed by atoms with Gasteiger partial charge in [-0.2, -0.15) is 0 Å². The molecule has 0 nitrogen and oxygen atoms in total. The molecule has 15 heavy (non-hydrogen) atoms. The van der Waals surface area contributed by atoms with Gasteiger partial charge in [-0.05, 0) is 0 Å². The van der Waals surface area contributed by atoms with Gasteiger partial charge in [0.25, 0.3) is 0 Å². The van der Waals surface area contributed by atoms with Crippen molar-refractivity contribution in [2.45, 2.75) is 29.9 Å². The molecular formula is C5H6B2F6K2. The van der Waals surface area contributed by atoms with Crippen LogP contribution in [0.2, 0.25) is 10.6 Å². The molecule has 3 saturated carbocycles. The van der Waals surface area contributed by atoms with Gasteiger partial charge in [0.2, 0.25) is 0 Å². The third-order valence-electron chi connectivity index (χ3n) is 3.50. The molecule has 0 saturated heterocycles. The molecule has 0 aliphatic heterocycles. The molecule has 0 radical (unpaired) electrons. The van der Waals surface area contributed by atoms with Crippen molar-refractivity contribution in [2.75, 3.05) is 0 Å². The van der Waals surface area contributed by atoms with Gasteiger partial charge >= 0.3 is 117 Å². The second kappa shape index (κ2) is 4.83. The van der Waals surface area contributed by atoms with E-state index in [9.17, 15) is 25.9 Å². The quantitative estimate of drug-likeness (QED) is 0.383. The maximum absolute atomic E-state index is 12.2. The molecule has 0 amide bonds. The number of hydrogen-bond acceptors (Lipinski definition) is 0. The Balaban J connectivity index is 0.000000980. The Morgan fingerprint density at radius 1 is 0.600 bits per heavy atom. The summed E-state index contributed by atoms with van der Waals surface area (Å²) < 4.78 is 73.1. The topological polar surface area (TPSA) is 0 Å². The monoisotopic (exact) mass is 280 g/mol. The van der Waals surface area contributed by atoms with E-state index in [1.807, 2.05) is 0 Å². The summed E-state index contributed by atoms with van der Waals surface area (Å²) in [5, 5.41) is -3.84. The van der Waals surface area contributed by atoms with E-state index in [1.165, 1.54) is 0 Å². The van der Waals surface area contributed by atoms with Gasteiger partial charge in [0, 0.05) is 0 Å². The largest absolute Gasteiger partial charge is 1.00 e. The zero-order chi connectivity index (χ0) is 10.1. The van der Waals surface area contributed by atoms with Crippen LogP contribution in [0.25, 0.3) is 0 Å². The minimum atomic E-state index is -5.08. The summed E-state index contributed by atoms with van der Waals surface area (Å²) >= 11 is 0. The normalized spacial score (nSPS) is 38.0. The molecular weight excluding hydrogens is 274 g/mol. The van der Waals surface area contributed by atoms with E-state index >= 15 is 0 Å². The third kappa shape index (κ3) is 2.51. The molecule has 3 rings (SSSR count). The predicted octanol–water partition coefficient (Wildman–Crippen LogP) is -2.63. The van der Waals surface area contributed by atoms with Crippen LogP contribution in [-0.2, 0) is 0 Å². The van der Waals surface area contributed by atoms with Gasteiger partial charge in [-0.15, -0.1) is 0 Å². The smallest absolute Gasteiger partial charge is 0.449 e. The van der Waals surface area contributed by atoms with Gasteiger partial charge in [-0.1, -0.05) is 29.9 Å². The van der Waals surface area contributed by atoms with Crippen LogP contribution in [0.4, 0.5) is 25.9 Å². The van der Waals surface area contributed by atoms with Gasteiger partial charge in [-0.25, -0.2) is 0 Å². The summed E-state index contributed by atoms with van der Waals surface area (Å²) in [6.07, 6.45) is -2.10. The van der Waals surface area contributed by atoms with Crippen molar-refractivity contribution < 1.29 is 129 Å². The molecule has 0 unspecified atom stereocenters. The molecule has 0 aromatic rings. The SMILES string of the molecule is F[B-](F)(F)C12CC([B-](F)(F)F)(C1)C2.[K+].[K+]. The van der Waals surface area contributed by atoms with Crippen molar-refractivity contribution >= 4 is 14.0 Å². The van der Waals surface area contributed by atoms with Crippen LogP contribution in [0.5, 0.6) is 0 Å². The number of halogens is 6. The molecule has 0 spiro atoms. The predicted molar refractivity (Wildman–Crippen MR) is 37.4 cm³/mol. The summed E-state index contributed by atoms with van der Waals surface area (Å²) in [5.41, 5.74) is 0. The Bertz CT molecular complexity index is 217. The van der Waals surface area contributed by atoms with Crippen LogP contribution in [0.15, 0.2) is 0 Å². The molecule has 0 atom stereocenters. The van der Waals surface area contributed by atoms with Gasteiger partial charge in [-0.3, -0.25) is 0 Å². The summed E-state index contributed by atoms with van der Waals surface area (Å²) in [6, 6.07) is 0. The molecule has 0 heterocycles. The van der Waals surface area contributed by atoms with Crippen LogP contribution in [0.3, 0.4) is 0 Å². The van der Waals surface area contributed by atoms with E-state index in [1.54, 1.807) is 0 Å². The van der Waals surface area contributed by atoms with E-state index in [-0.39, 0.29) is 103 Å². The molecule has 0 aromatic heterocycles. The second-order valence-corrected chi connectivity index (χ2v) is 4.40. The van der Waals surface area contributed by atoms with Gasteiger partial charge in [0.15, 0.2) is 0 Å². The average Bonchev–Trinajstić information content (AvgIpc) is 1.41. The summed E-state index contributed by atoms with van der Waals surface area (Å²) in [4.78, 5) is 0. The first kappa shape index (κ1) is 18.0. The fourth-order valence-corrected chi connectivity index (χ4v) is 2.64. The molecule has 2 bridgehead atoms. The Labute approximate surface area is 169 Å². The van der Waals surface area contributed by atoms with Crippen LogP contribution in [0, 0.1) is 0 Å². The van der Waals surface area contributed by atoms with Crippen molar-refractivity contribution in [3.05, 3.63) is 0 Å². The Hall–Kier alpha value is 2.98. The average molecular weight is 280 g/mol. The first-order valence-electron chi connectivity index (χ1n) is 4.01. The minimum Gasteiger partial charge on any atom is -0.449 e. The second-order valence-electron chi connectivity index (χ2n) is 4.40. The number of rotatable bonds is 2. The Kier molecular flexibility index (Phi) is 5.79. The van der Waals surface area contributed by atoms with Crippen molar-refractivity contribution in [3.8, 4) is 0 Å². The van der Waals surface area contributed by atoms with Crippen molar-refractivity contribution in [1.82, 2.24) is 0 Å². The van der Waals surface area contributed by atoms with E-state index in [0.717, 1.165) is 0 Å². The fourth-order valence-electron chi connectivity index (χ4n) is 2.64. The summed E-state index contributed by atoms with van der Waals surface area (Å²) in [7, 11) is 0. The summed E-state index contributed by atoms with van der Waals surface area (Å²) in [5.74, 6) is 0. The molecule has 3 aliphatic carbocycles. The third-order valence-corrected chi connectivity index (χ3v) is 3.50. The zero-order valence-electron chi connectivity index (χ0n) is 8.54. The van der Waals surface area contributed by atoms with E-state index in [2.05, 4.69) is 0 Å². The van der Waals surface area contributed by atoms with Crippen molar-refractivity contribution in [1.29, 1.82) is 0 Å². The molecule has 3 aliphatic rings. The minimum absolute atomic E-state index is 0. The van der Waals surface area contributed by atoms with Gasteiger partial charge in [0.05, 0.1) is 0 Å². The van der Waals surface area contributed by atoms with E-state index < -0.39 is 43.8 Å². The van der Waals surface area contributed by atoms with Crippen LogP contribution < -0.4 is 103 Å². The van der Waals surface area contributed by atoms with Crippen molar-refractivity contribution in [3.63, 3.8) is 0 Å². The molecule has 0 aromatic carbocycles. The van der Waals surface area contributed by atoms with Crippen molar-refractivity contribution in [2.24, 2.45) is 0 Å². The maximum Gasteiger partial charge on any atom is 1.00 e. The fraction of sp³-hybridized carbons (Fsp3) is 1.00. The van der Waals surface area contributed by atoms with Crippen LogP contribution in [-0.4, -0.2) is 14.0 Å². The Morgan fingerprint density at radius 2 is 0.800 bits per heavy atom. The first-order chi connectivity index (χ1) is 5.62. The van der Waals surface area contributed by atoms with E-state index in [4.69, 9.17) is 0 Å². The Morgan fingerprint density at radius 3 is 0.933 bits per heavy atom.